The van der Waals surface area contributed by atoms with Gasteiger partial charge in [0, 0.05) is 19.0 Å². The lowest BCUT2D eigenvalue weighted by atomic mass is 10.1. The van der Waals surface area contributed by atoms with Gasteiger partial charge in [-0.1, -0.05) is 30.3 Å². The smallest absolute Gasteiger partial charge is 0.221 e. The Bertz CT molecular complexity index is 375. The molecule has 1 heterocycles. The molecule has 4 heteroatoms. The van der Waals surface area contributed by atoms with Crippen molar-refractivity contribution in [2.24, 2.45) is 0 Å². The second kappa shape index (κ2) is 7.92. The summed E-state index contributed by atoms with van der Waals surface area (Å²) in [6.07, 6.45) is 2.87. The highest BCUT2D eigenvalue weighted by Gasteiger charge is 2.16. The third kappa shape index (κ3) is 5.41. The van der Waals surface area contributed by atoms with Gasteiger partial charge in [-0.25, -0.2) is 0 Å². The van der Waals surface area contributed by atoms with Crippen LogP contribution in [-0.4, -0.2) is 31.6 Å². The Hall–Kier alpha value is -1.39. The number of hydrogen-bond donors (Lipinski definition) is 2. The summed E-state index contributed by atoms with van der Waals surface area (Å²) in [4.78, 5) is 11.6. The van der Waals surface area contributed by atoms with Crippen LogP contribution in [-0.2, 0) is 16.1 Å². The number of ether oxygens (including phenoxy) is 1. The molecule has 1 aromatic rings. The maximum absolute atomic E-state index is 11.6. The Kier molecular flexibility index (Phi) is 5.85. The van der Waals surface area contributed by atoms with Crippen LogP contribution >= 0.6 is 0 Å². The number of hydrogen-bond acceptors (Lipinski definition) is 3. The van der Waals surface area contributed by atoms with Crippen molar-refractivity contribution in [2.75, 3.05) is 19.7 Å². The summed E-state index contributed by atoms with van der Waals surface area (Å²) in [6, 6.07) is 10.4. The van der Waals surface area contributed by atoms with Crippen LogP contribution in [0.1, 0.15) is 24.8 Å². The first kappa shape index (κ1) is 14.0. The minimum Gasteiger partial charge on any atom is -0.375 e. The summed E-state index contributed by atoms with van der Waals surface area (Å²) in [7, 11) is 0. The maximum Gasteiger partial charge on any atom is 0.221 e. The van der Waals surface area contributed by atoms with Crippen molar-refractivity contribution >= 4 is 5.91 Å². The van der Waals surface area contributed by atoms with Crippen molar-refractivity contribution in [3.63, 3.8) is 0 Å². The van der Waals surface area contributed by atoms with E-state index in [2.05, 4.69) is 10.6 Å². The molecular weight excluding hydrogens is 240 g/mol. The van der Waals surface area contributed by atoms with Crippen molar-refractivity contribution in [3.8, 4) is 0 Å². The standard InChI is InChI=1S/C15H22N2O2/c18-15(11-14-7-4-8-16-14)17-9-10-19-12-13-5-2-1-3-6-13/h1-3,5-6,14,16H,4,7-12H2,(H,17,18). The minimum atomic E-state index is 0.114. The van der Waals surface area contributed by atoms with E-state index in [0.717, 1.165) is 18.5 Å². The molecule has 1 aliphatic heterocycles. The molecule has 0 spiro atoms. The highest BCUT2D eigenvalue weighted by atomic mass is 16.5. The van der Waals surface area contributed by atoms with Crippen LogP contribution < -0.4 is 10.6 Å². The van der Waals surface area contributed by atoms with Gasteiger partial charge in [-0.2, -0.15) is 0 Å². The summed E-state index contributed by atoms with van der Waals surface area (Å²) < 4.78 is 5.51. The summed E-state index contributed by atoms with van der Waals surface area (Å²) in [6.45, 7) is 2.77. The highest BCUT2D eigenvalue weighted by Crippen LogP contribution is 2.08. The zero-order valence-corrected chi connectivity index (χ0v) is 11.2. The predicted molar refractivity (Wildman–Crippen MR) is 74.7 cm³/mol. The average Bonchev–Trinajstić information content (AvgIpc) is 2.92. The largest absolute Gasteiger partial charge is 0.375 e. The summed E-state index contributed by atoms with van der Waals surface area (Å²) in [5.41, 5.74) is 1.16. The fourth-order valence-electron chi connectivity index (χ4n) is 2.25. The number of rotatable bonds is 7. The molecule has 1 unspecified atom stereocenters. The summed E-state index contributed by atoms with van der Waals surface area (Å²) >= 11 is 0. The molecule has 0 aliphatic carbocycles. The van der Waals surface area contributed by atoms with E-state index in [9.17, 15) is 4.79 Å². The van der Waals surface area contributed by atoms with Gasteiger partial charge in [-0.05, 0) is 24.9 Å². The fourth-order valence-corrected chi connectivity index (χ4v) is 2.25. The first-order valence-electron chi connectivity index (χ1n) is 6.96. The molecule has 1 saturated heterocycles. The number of benzene rings is 1. The fraction of sp³-hybridized carbons (Fsp3) is 0.533. The van der Waals surface area contributed by atoms with E-state index in [1.54, 1.807) is 0 Å². The normalized spacial score (nSPS) is 18.4. The maximum atomic E-state index is 11.6. The van der Waals surface area contributed by atoms with Gasteiger partial charge in [-0.15, -0.1) is 0 Å². The van der Waals surface area contributed by atoms with Gasteiger partial charge >= 0.3 is 0 Å². The SMILES string of the molecule is O=C(CC1CCCN1)NCCOCc1ccccc1. The van der Waals surface area contributed by atoms with Crippen molar-refractivity contribution < 1.29 is 9.53 Å². The lowest BCUT2D eigenvalue weighted by Gasteiger charge is -2.10. The third-order valence-corrected chi connectivity index (χ3v) is 3.27. The van der Waals surface area contributed by atoms with Crippen molar-refractivity contribution in [1.82, 2.24) is 10.6 Å². The Morgan fingerprint density at radius 3 is 2.95 bits per heavy atom. The van der Waals surface area contributed by atoms with E-state index in [0.29, 0.717) is 32.2 Å². The Morgan fingerprint density at radius 2 is 2.21 bits per heavy atom. The predicted octanol–water partition coefficient (Wildman–Crippen LogP) is 1.46. The van der Waals surface area contributed by atoms with E-state index in [-0.39, 0.29) is 5.91 Å². The molecular formula is C15H22N2O2. The average molecular weight is 262 g/mol. The molecule has 2 rings (SSSR count). The molecule has 4 nitrogen and oxygen atoms in total. The van der Waals surface area contributed by atoms with Crippen molar-refractivity contribution in [3.05, 3.63) is 35.9 Å². The summed E-state index contributed by atoms with van der Waals surface area (Å²) in [5, 5.41) is 6.21. The molecule has 1 aromatic carbocycles. The third-order valence-electron chi connectivity index (χ3n) is 3.27. The van der Waals surface area contributed by atoms with E-state index in [1.165, 1.54) is 6.42 Å². The molecule has 0 radical (unpaired) electrons. The zero-order valence-electron chi connectivity index (χ0n) is 11.2. The Labute approximate surface area is 114 Å². The lowest BCUT2D eigenvalue weighted by Crippen LogP contribution is -2.33. The van der Waals surface area contributed by atoms with Crippen LogP contribution in [0.4, 0.5) is 0 Å². The van der Waals surface area contributed by atoms with Gasteiger partial charge in [0.05, 0.1) is 13.2 Å². The number of amides is 1. The molecule has 1 atom stereocenters. The van der Waals surface area contributed by atoms with Gasteiger partial charge in [0.1, 0.15) is 0 Å². The molecule has 0 aromatic heterocycles. The van der Waals surface area contributed by atoms with Gasteiger partial charge in [0.25, 0.3) is 0 Å². The van der Waals surface area contributed by atoms with Crippen molar-refractivity contribution in [1.29, 1.82) is 0 Å². The quantitative estimate of drug-likeness (QED) is 0.732. The van der Waals surface area contributed by atoms with E-state index < -0.39 is 0 Å². The minimum absolute atomic E-state index is 0.114. The second-order valence-electron chi connectivity index (χ2n) is 4.89. The molecule has 1 aliphatic rings. The highest BCUT2D eigenvalue weighted by molar-refractivity contribution is 5.76. The van der Waals surface area contributed by atoms with Crippen LogP contribution in [0.25, 0.3) is 0 Å². The lowest BCUT2D eigenvalue weighted by molar-refractivity contribution is -0.121. The first-order valence-corrected chi connectivity index (χ1v) is 6.96. The van der Waals surface area contributed by atoms with Crippen LogP contribution in [0.5, 0.6) is 0 Å². The van der Waals surface area contributed by atoms with Gasteiger partial charge in [0.2, 0.25) is 5.91 Å². The van der Waals surface area contributed by atoms with E-state index in [4.69, 9.17) is 4.74 Å². The van der Waals surface area contributed by atoms with Gasteiger partial charge in [-0.3, -0.25) is 4.79 Å². The number of nitrogens with one attached hydrogen (secondary N) is 2. The molecule has 1 fully saturated rings. The van der Waals surface area contributed by atoms with Crippen LogP contribution in [0.3, 0.4) is 0 Å². The van der Waals surface area contributed by atoms with Crippen LogP contribution in [0, 0.1) is 0 Å². The Balaban J connectivity index is 1.50. The van der Waals surface area contributed by atoms with Crippen LogP contribution in [0.2, 0.25) is 0 Å². The topological polar surface area (TPSA) is 50.4 Å². The van der Waals surface area contributed by atoms with Crippen molar-refractivity contribution in [2.45, 2.75) is 31.9 Å². The number of carbonyl (C=O) groups excluding carboxylic acids is 1. The first-order chi connectivity index (χ1) is 9.34. The Morgan fingerprint density at radius 1 is 1.37 bits per heavy atom. The van der Waals surface area contributed by atoms with Gasteiger partial charge in [0.15, 0.2) is 0 Å². The molecule has 19 heavy (non-hydrogen) atoms. The monoisotopic (exact) mass is 262 g/mol. The second-order valence-corrected chi connectivity index (χ2v) is 4.89. The molecule has 1 amide bonds. The van der Waals surface area contributed by atoms with Gasteiger partial charge < -0.3 is 15.4 Å². The zero-order chi connectivity index (χ0) is 13.3. The van der Waals surface area contributed by atoms with E-state index in [1.807, 2.05) is 30.3 Å². The van der Waals surface area contributed by atoms with E-state index >= 15 is 0 Å². The molecule has 0 saturated carbocycles. The van der Waals surface area contributed by atoms with Crippen LogP contribution in [0.15, 0.2) is 30.3 Å². The molecule has 104 valence electrons. The summed E-state index contributed by atoms with van der Waals surface area (Å²) in [5.74, 6) is 0.114. The number of carbonyl (C=O) groups is 1. The molecule has 2 N–H and O–H groups in total. The molecule has 0 bridgehead atoms.